The molecule has 2 heterocycles. The Bertz CT molecular complexity index is 1300. The molecule has 1 N–H and O–H groups in total. The van der Waals surface area contributed by atoms with Crippen molar-refractivity contribution in [1.82, 2.24) is 9.78 Å². The summed E-state index contributed by atoms with van der Waals surface area (Å²) in [4.78, 5) is 23.0. The zero-order valence-electron chi connectivity index (χ0n) is 16.8. The van der Waals surface area contributed by atoms with Gasteiger partial charge in [0.15, 0.2) is 27.9 Å². The summed E-state index contributed by atoms with van der Waals surface area (Å²) in [5.74, 6) is -0.0269. The van der Waals surface area contributed by atoms with Crippen LogP contribution < -0.4 is 14.8 Å². The number of nitro groups is 1. The van der Waals surface area contributed by atoms with E-state index in [0.29, 0.717) is 28.4 Å². The van der Waals surface area contributed by atoms with Crippen LogP contribution in [0.4, 0.5) is 11.5 Å². The van der Waals surface area contributed by atoms with E-state index >= 15 is 0 Å². The Hall–Kier alpha value is -3.93. The minimum Gasteiger partial charge on any atom is -0.493 e. The third-order valence-electron chi connectivity index (χ3n) is 4.78. The van der Waals surface area contributed by atoms with Crippen LogP contribution in [0.3, 0.4) is 0 Å². The molecule has 0 aliphatic carbocycles. The highest BCUT2D eigenvalue weighted by Crippen LogP contribution is 2.33. The van der Waals surface area contributed by atoms with Crippen LogP contribution in [0.5, 0.6) is 11.5 Å². The third-order valence-corrected chi connectivity index (χ3v) is 6.22. The van der Waals surface area contributed by atoms with Gasteiger partial charge in [0.25, 0.3) is 11.6 Å². The van der Waals surface area contributed by atoms with E-state index < -0.39 is 20.7 Å². The monoisotopic (exact) mass is 458 g/mol. The number of para-hydroxylation sites is 2. The number of carbonyl (C=O) groups is 1. The lowest BCUT2D eigenvalue weighted by atomic mass is 10.2. The van der Waals surface area contributed by atoms with Crippen LogP contribution in [0.2, 0.25) is 0 Å². The molecule has 0 saturated carbocycles. The van der Waals surface area contributed by atoms with Crippen LogP contribution in [0.25, 0.3) is 5.69 Å². The lowest BCUT2D eigenvalue weighted by molar-refractivity contribution is -0.384. The lowest BCUT2D eigenvalue weighted by Crippen LogP contribution is -2.23. The van der Waals surface area contributed by atoms with Gasteiger partial charge >= 0.3 is 0 Å². The zero-order valence-corrected chi connectivity index (χ0v) is 17.7. The predicted molar refractivity (Wildman–Crippen MR) is 114 cm³/mol. The highest BCUT2D eigenvalue weighted by atomic mass is 32.2. The molecule has 1 aliphatic heterocycles. The van der Waals surface area contributed by atoms with E-state index in [0.717, 1.165) is 0 Å². The second-order valence-corrected chi connectivity index (χ2v) is 9.04. The number of hydrogen-bond donors (Lipinski definition) is 1. The number of rotatable bonds is 7. The number of methoxy groups -OCH3 is 1. The molecule has 0 fully saturated rings. The molecule has 0 radical (unpaired) electrons. The van der Waals surface area contributed by atoms with Gasteiger partial charge in [-0.15, -0.1) is 0 Å². The molecule has 4 rings (SSSR count). The molecular formula is C20H18N4O7S. The van der Waals surface area contributed by atoms with Crippen LogP contribution in [-0.2, 0) is 26.1 Å². The Kier molecular flexibility index (Phi) is 5.53. The number of non-ortho nitro benzene ring substituents is 1. The van der Waals surface area contributed by atoms with E-state index in [1.807, 2.05) is 0 Å². The maximum Gasteiger partial charge on any atom is 0.269 e. The van der Waals surface area contributed by atoms with Crippen molar-refractivity contribution >= 4 is 27.2 Å². The van der Waals surface area contributed by atoms with E-state index in [-0.39, 0.29) is 29.6 Å². The summed E-state index contributed by atoms with van der Waals surface area (Å²) >= 11 is 0. The van der Waals surface area contributed by atoms with Gasteiger partial charge in [0, 0.05) is 17.7 Å². The number of benzene rings is 2. The molecule has 2 aromatic carbocycles. The highest BCUT2D eigenvalue weighted by Gasteiger charge is 2.33. The molecule has 12 heteroatoms. The molecule has 32 heavy (non-hydrogen) atoms. The van der Waals surface area contributed by atoms with Gasteiger partial charge in [0.2, 0.25) is 0 Å². The number of fused-ring (bicyclic) bond motifs is 1. The number of nitrogens with zero attached hydrogens (tertiary/aromatic N) is 3. The van der Waals surface area contributed by atoms with E-state index in [2.05, 4.69) is 10.4 Å². The third kappa shape index (κ3) is 4.25. The Morgan fingerprint density at radius 1 is 1.16 bits per heavy atom. The fourth-order valence-corrected chi connectivity index (χ4v) is 4.82. The molecule has 1 amide bonds. The topological polar surface area (TPSA) is 143 Å². The molecule has 0 unspecified atom stereocenters. The van der Waals surface area contributed by atoms with Gasteiger partial charge in [-0.3, -0.25) is 14.9 Å². The van der Waals surface area contributed by atoms with Crippen molar-refractivity contribution < 1.29 is 27.6 Å². The molecule has 1 aliphatic rings. The van der Waals surface area contributed by atoms with Gasteiger partial charge in [-0.25, -0.2) is 13.1 Å². The Balaban J connectivity index is 1.60. The summed E-state index contributed by atoms with van der Waals surface area (Å²) < 4.78 is 36.2. The van der Waals surface area contributed by atoms with Crippen molar-refractivity contribution in [1.29, 1.82) is 0 Å². The number of aromatic nitrogens is 2. The first-order chi connectivity index (χ1) is 15.3. The molecule has 1 aromatic heterocycles. The predicted octanol–water partition coefficient (Wildman–Crippen LogP) is 2.24. The standard InChI is InChI=1S/C20H18N4O7S/c1-30-17-4-2-3-5-18(17)31-10-19(25)21-20-15-11-32(28,29)12-16(15)22-23(20)13-6-8-14(9-7-13)24(26)27/h2-9H,10-12H2,1H3,(H,21,25). The molecule has 0 bridgehead atoms. The summed E-state index contributed by atoms with van der Waals surface area (Å²) in [6.07, 6.45) is 0. The fraction of sp³-hybridized carbons (Fsp3) is 0.200. The number of anilines is 1. The van der Waals surface area contributed by atoms with Gasteiger partial charge in [-0.05, 0) is 24.3 Å². The van der Waals surface area contributed by atoms with Crippen LogP contribution >= 0.6 is 0 Å². The first kappa shape index (κ1) is 21.3. The van der Waals surface area contributed by atoms with Gasteiger partial charge < -0.3 is 14.8 Å². The molecule has 11 nitrogen and oxygen atoms in total. The summed E-state index contributed by atoms with van der Waals surface area (Å²) in [7, 11) is -1.88. The number of carbonyl (C=O) groups excluding carboxylic acids is 1. The number of hydrogen-bond acceptors (Lipinski definition) is 8. The molecular weight excluding hydrogens is 440 g/mol. The van der Waals surface area contributed by atoms with Crippen molar-refractivity contribution in [3.63, 3.8) is 0 Å². The Morgan fingerprint density at radius 2 is 1.84 bits per heavy atom. The van der Waals surface area contributed by atoms with Gasteiger partial charge in [-0.2, -0.15) is 5.10 Å². The quantitative estimate of drug-likeness (QED) is 0.419. The number of ether oxygens (including phenoxy) is 2. The van der Waals surface area contributed by atoms with E-state index in [4.69, 9.17) is 9.47 Å². The van der Waals surface area contributed by atoms with Gasteiger partial charge in [0.1, 0.15) is 5.82 Å². The largest absolute Gasteiger partial charge is 0.493 e. The number of nitro benzene ring substituents is 1. The van der Waals surface area contributed by atoms with E-state index in [9.17, 15) is 23.3 Å². The van der Waals surface area contributed by atoms with Crippen LogP contribution in [0, 0.1) is 10.1 Å². The SMILES string of the molecule is COc1ccccc1OCC(=O)Nc1c2c(nn1-c1ccc([N+](=O)[O-])cc1)CS(=O)(=O)C2. The molecule has 166 valence electrons. The summed E-state index contributed by atoms with van der Waals surface area (Å²) in [6, 6.07) is 12.4. The first-order valence-corrected chi connectivity index (χ1v) is 11.2. The molecule has 0 saturated heterocycles. The van der Waals surface area contributed by atoms with Gasteiger partial charge in [0.05, 0.1) is 34.9 Å². The van der Waals surface area contributed by atoms with E-state index in [1.54, 1.807) is 24.3 Å². The minimum atomic E-state index is -3.37. The van der Waals surface area contributed by atoms with Crippen molar-refractivity contribution in [3.8, 4) is 17.2 Å². The molecule has 0 atom stereocenters. The molecule has 0 spiro atoms. The van der Waals surface area contributed by atoms with Crippen molar-refractivity contribution in [2.24, 2.45) is 0 Å². The lowest BCUT2D eigenvalue weighted by Gasteiger charge is -2.13. The Labute approximate surface area is 182 Å². The number of amides is 1. The molecule has 3 aromatic rings. The van der Waals surface area contributed by atoms with Crippen LogP contribution in [0.15, 0.2) is 48.5 Å². The maximum atomic E-state index is 12.6. The first-order valence-electron chi connectivity index (χ1n) is 9.39. The average molecular weight is 458 g/mol. The fourth-order valence-electron chi connectivity index (χ4n) is 3.32. The number of nitrogens with one attached hydrogen (secondary N) is 1. The maximum absolute atomic E-state index is 12.6. The summed E-state index contributed by atoms with van der Waals surface area (Å²) in [6.45, 7) is -0.354. The zero-order chi connectivity index (χ0) is 22.9. The van der Waals surface area contributed by atoms with Crippen molar-refractivity contribution in [2.75, 3.05) is 19.0 Å². The minimum absolute atomic E-state index is 0.105. The highest BCUT2D eigenvalue weighted by molar-refractivity contribution is 7.90. The smallest absolute Gasteiger partial charge is 0.269 e. The van der Waals surface area contributed by atoms with E-state index in [1.165, 1.54) is 36.1 Å². The Morgan fingerprint density at radius 3 is 2.50 bits per heavy atom. The second-order valence-electron chi connectivity index (χ2n) is 6.98. The normalized spacial score (nSPS) is 13.9. The van der Waals surface area contributed by atoms with Crippen molar-refractivity contribution in [3.05, 3.63) is 69.9 Å². The van der Waals surface area contributed by atoms with Crippen LogP contribution in [-0.4, -0.2) is 42.7 Å². The van der Waals surface area contributed by atoms with Crippen molar-refractivity contribution in [2.45, 2.75) is 11.5 Å². The summed E-state index contributed by atoms with van der Waals surface area (Å²) in [5, 5.41) is 17.9. The van der Waals surface area contributed by atoms with Crippen LogP contribution in [0.1, 0.15) is 11.3 Å². The summed E-state index contributed by atoms with van der Waals surface area (Å²) in [5.41, 5.74) is 1.04. The second kappa shape index (κ2) is 8.30. The average Bonchev–Trinajstić information content (AvgIpc) is 3.24. The number of sulfone groups is 1. The van der Waals surface area contributed by atoms with Gasteiger partial charge in [-0.1, -0.05) is 12.1 Å².